The van der Waals surface area contributed by atoms with E-state index >= 15 is 0 Å². The molecule has 0 nitrogen and oxygen atoms in total. The van der Waals surface area contributed by atoms with E-state index in [4.69, 9.17) is 23.2 Å². The van der Waals surface area contributed by atoms with Crippen LogP contribution in [-0.4, -0.2) is 10.7 Å². The van der Waals surface area contributed by atoms with Crippen molar-refractivity contribution in [2.24, 2.45) is 5.41 Å². The average molecular weight is 389 g/mol. The second kappa shape index (κ2) is 6.63. The zero-order valence-corrected chi connectivity index (χ0v) is 13.8. The van der Waals surface area contributed by atoms with Gasteiger partial charge < -0.3 is 0 Å². The molecule has 0 aliphatic rings. The second-order valence-corrected chi connectivity index (χ2v) is 6.00. The molecule has 0 bridgehead atoms. The van der Waals surface area contributed by atoms with Crippen LogP contribution in [0.25, 0.3) is 0 Å². The van der Waals surface area contributed by atoms with E-state index in [0.717, 1.165) is 39.1 Å². The smallest absolute Gasteiger partial charge is 0.0439 e. The molecule has 90 valence electrons. The number of alkyl halides is 2. The van der Waals surface area contributed by atoms with Gasteiger partial charge in [0.2, 0.25) is 0 Å². The van der Waals surface area contributed by atoms with Gasteiger partial charge in [-0.3, -0.25) is 0 Å². The predicted octanol–water partition coefficient (Wildman–Crippen LogP) is 5.72. The molecule has 1 aromatic carbocycles. The molecular formula is C12H14Br2Cl2. The van der Waals surface area contributed by atoms with Crippen molar-refractivity contribution < 1.29 is 0 Å². The molecule has 0 amide bonds. The van der Waals surface area contributed by atoms with Crippen molar-refractivity contribution in [1.82, 2.24) is 0 Å². The maximum atomic E-state index is 6.18. The Kier molecular flexibility index (Phi) is 6.14. The lowest BCUT2D eigenvalue weighted by Crippen LogP contribution is -2.26. The van der Waals surface area contributed by atoms with Gasteiger partial charge in [0.05, 0.1) is 0 Å². The van der Waals surface area contributed by atoms with Crippen LogP contribution in [0, 0.1) is 5.41 Å². The molecule has 0 N–H and O–H groups in total. The molecular weight excluding hydrogens is 375 g/mol. The summed E-state index contributed by atoms with van der Waals surface area (Å²) in [4.78, 5) is 0. The zero-order chi connectivity index (χ0) is 12.2. The molecule has 0 atom stereocenters. The van der Waals surface area contributed by atoms with Gasteiger partial charge in [-0.05, 0) is 42.0 Å². The SMILES string of the molecule is CCC(CBr)(CBr)Cc1cc(Cl)ccc1Cl. The predicted molar refractivity (Wildman–Crippen MR) is 80.5 cm³/mol. The lowest BCUT2D eigenvalue weighted by Gasteiger charge is -2.29. The van der Waals surface area contributed by atoms with E-state index < -0.39 is 0 Å². The van der Waals surface area contributed by atoms with Gasteiger partial charge in [-0.2, -0.15) is 0 Å². The van der Waals surface area contributed by atoms with Crippen LogP contribution in [0.3, 0.4) is 0 Å². The van der Waals surface area contributed by atoms with Crippen molar-refractivity contribution in [3.63, 3.8) is 0 Å². The van der Waals surface area contributed by atoms with Crippen molar-refractivity contribution in [2.75, 3.05) is 10.7 Å². The van der Waals surface area contributed by atoms with Crippen LogP contribution in [-0.2, 0) is 6.42 Å². The highest BCUT2D eigenvalue weighted by Gasteiger charge is 2.27. The summed E-state index contributed by atoms with van der Waals surface area (Å²) in [5, 5.41) is 3.44. The molecule has 0 aliphatic carbocycles. The highest BCUT2D eigenvalue weighted by molar-refractivity contribution is 9.09. The Morgan fingerprint density at radius 1 is 1.19 bits per heavy atom. The van der Waals surface area contributed by atoms with E-state index in [9.17, 15) is 0 Å². The minimum Gasteiger partial charge on any atom is -0.0922 e. The van der Waals surface area contributed by atoms with Crippen molar-refractivity contribution in [3.05, 3.63) is 33.8 Å². The monoisotopic (exact) mass is 386 g/mol. The first-order valence-electron chi connectivity index (χ1n) is 5.13. The second-order valence-electron chi connectivity index (χ2n) is 4.03. The van der Waals surface area contributed by atoms with Crippen LogP contribution in [0.5, 0.6) is 0 Å². The maximum Gasteiger partial charge on any atom is 0.0439 e. The first-order valence-corrected chi connectivity index (χ1v) is 8.12. The van der Waals surface area contributed by atoms with Gasteiger partial charge in [-0.1, -0.05) is 62.0 Å². The van der Waals surface area contributed by atoms with Crippen molar-refractivity contribution >= 4 is 55.1 Å². The largest absolute Gasteiger partial charge is 0.0922 e. The summed E-state index contributed by atoms with van der Waals surface area (Å²) in [5.74, 6) is 0. The van der Waals surface area contributed by atoms with Gasteiger partial charge in [-0.25, -0.2) is 0 Å². The quantitative estimate of drug-likeness (QED) is 0.565. The number of hydrogen-bond acceptors (Lipinski definition) is 0. The third-order valence-corrected chi connectivity index (χ3v) is 5.87. The molecule has 0 aliphatic heterocycles. The van der Waals surface area contributed by atoms with Gasteiger partial charge in [0.1, 0.15) is 0 Å². The Bertz CT molecular complexity index is 341. The minimum atomic E-state index is 0.203. The lowest BCUT2D eigenvalue weighted by molar-refractivity contribution is 0.374. The van der Waals surface area contributed by atoms with E-state index in [2.05, 4.69) is 38.8 Å². The number of rotatable bonds is 5. The maximum absolute atomic E-state index is 6.18. The molecule has 4 heteroatoms. The first kappa shape index (κ1) is 14.8. The van der Waals surface area contributed by atoms with Crippen molar-refractivity contribution in [2.45, 2.75) is 19.8 Å². The Morgan fingerprint density at radius 2 is 1.81 bits per heavy atom. The molecule has 0 heterocycles. The van der Waals surface area contributed by atoms with E-state index in [1.807, 2.05) is 18.2 Å². The fourth-order valence-electron chi connectivity index (χ4n) is 1.53. The molecule has 1 aromatic rings. The van der Waals surface area contributed by atoms with E-state index in [0.29, 0.717) is 0 Å². The third kappa shape index (κ3) is 3.63. The van der Waals surface area contributed by atoms with Crippen LogP contribution in [0.15, 0.2) is 18.2 Å². The molecule has 0 aromatic heterocycles. The topological polar surface area (TPSA) is 0 Å². The van der Waals surface area contributed by atoms with Crippen molar-refractivity contribution in [1.29, 1.82) is 0 Å². The Morgan fingerprint density at radius 3 is 2.31 bits per heavy atom. The average Bonchev–Trinajstić information content (AvgIpc) is 2.31. The van der Waals surface area contributed by atoms with Crippen molar-refractivity contribution in [3.8, 4) is 0 Å². The molecule has 0 radical (unpaired) electrons. The summed E-state index contributed by atoms with van der Waals surface area (Å²) >= 11 is 19.4. The summed E-state index contributed by atoms with van der Waals surface area (Å²) in [6.07, 6.45) is 2.02. The summed E-state index contributed by atoms with van der Waals surface area (Å²) in [7, 11) is 0. The third-order valence-electron chi connectivity index (χ3n) is 2.89. The van der Waals surface area contributed by atoms with E-state index in [1.165, 1.54) is 0 Å². The van der Waals surface area contributed by atoms with Crippen LogP contribution in [0.2, 0.25) is 10.0 Å². The number of halogens is 4. The van der Waals surface area contributed by atoms with Crippen LogP contribution < -0.4 is 0 Å². The highest BCUT2D eigenvalue weighted by atomic mass is 79.9. The standard InChI is InChI=1S/C12H14Br2Cl2/c1-2-12(7-13,8-14)6-9-5-10(15)3-4-11(9)16/h3-5H,2,6-8H2,1H3. The molecule has 0 spiro atoms. The Balaban J connectivity index is 2.97. The Hall–Kier alpha value is 0.760. The Labute approximate surface area is 124 Å². The number of benzene rings is 1. The summed E-state index contributed by atoms with van der Waals surface area (Å²) in [6.45, 7) is 2.20. The van der Waals surface area contributed by atoms with E-state index in [-0.39, 0.29) is 5.41 Å². The summed E-state index contributed by atoms with van der Waals surface area (Å²) in [6, 6.07) is 5.64. The van der Waals surface area contributed by atoms with Crippen LogP contribution in [0.4, 0.5) is 0 Å². The molecule has 0 saturated carbocycles. The van der Waals surface area contributed by atoms with Gasteiger partial charge in [0, 0.05) is 20.7 Å². The summed E-state index contributed by atoms with van der Waals surface area (Å²) < 4.78 is 0. The van der Waals surface area contributed by atoms with E-state index in [1.54, 1.807) is 0 Å². The van der Waals surface area contributed by atoms with Crippen LogP contribution >= 0.6 is 55.1 Å². The normalized spacial score (nSPS) is 11.8. The van der Waals surface area contributed by atoms with Gasteiger partial charge in [0.15, 0.2) is 0 Å². The highest BCUT2D eigenvalue weighted by Crippen LogP contribution is 2.34. The molecule has 1 rings (SSSR count). The van der Waals surface area contributed by atoms with Crippen LogP contribution in [0.1, 0.15) is 18.9 Å². The lowest BCUT2D eigenvalue weighted by atomic mass is 9.83. The molecule has 0 fully saturated rings. The molecule has 0 saturated heterocycles. The fraction of sp³-hybridized carbons (Fsp3) is 0.500. The first-order chi connectivity index (χ1) is 7.56. The van der Waals surface area contributed by atoms with Gasteiger partial charge >= 0.3 is 0 Å². The minimum absolute atomic E-state index is 0.203. The van der Waals surface area contributed by atoms with Gasteiger partial charge in [0.25, 0.3) is 0 Å². The van der Waals surface area contributed by atoms with Gasteiger partial charge in [-0.15, -0.1) is 0 Å². The summed E-state index contributed by atoms with van der Waals surface area (Å²) in [5.41, 5.74) is 1.32. The fourth-order valence-corrected chi connectivity index (χ4v) is 4.02. The zero-order valence-electron chi connectivity index (χ0n) is 9.07. The molecule has 16 heavy (non-hydrogen) atoms. The molecule has 0 unspecified atom stereocenters. The number of hydrogen-bond donors (Lipinski definition) is 0.